The molecule has 0 saturated carbocycles. The molecule has 33 heavy (non-hydrogen) atoms. The highest BCUT2D eigenvalue weighted by atomic mass is 16.1. The molecule has 0 spiro atoms. The third-order valence-corrected chi connectivity index (χ3v) is 5.87. The number of allylic oxidation sites excluding steroid dienone is 2. The molecule has 1 N–H and O–H groups in total. The van der Waals surface area contributed by atoms with Crippen LogP contribution < -0.4 is 5.32 Å². The van der Waals surface area contributed by atoms with Crippen molar-refractivity contribution >= 4 is 28.1 Å². The second kappa shape index (κ2) is 10.4. The summed E-state index contributed by atoms with van der Waals surface area (Å²) >= 11 is 0. The minimum atomic E-state index is -0.0165. The SMILES string of the molecule is C=C/C(=C\N(C)C)c1ccc2cnc(NC(=O)C3CCN(Cc4ncccn4)CC3)cc2c1. The first-order chi connectivity index (χ1) is 16.0. The zero-order chi connectivity index (χ0) is 23.2. The number of fused-ring (bicyclic) bond motifs is 1. The van der Waals surface area contributed by atoms with Crippen molar-refractivity contribution in [3.05, 3.63) is 79.2 Å². The fourth-order valence-corrected chi connectivity index (χ4v) is 4.11. The van der Waals surface area contributed by atoms with Gasteiger partial charge in [0, 0.05) is 50.2 Å². The highest BCUT2D eigenvalue weighted by Crippen LogP contribution is 2.25. The molecule has 1 aliphatic heterocycles. The van der Waals surface area contributed by atoms with Gasteiger partial charge < -0.3 is 10.2 Å². The topological polar surface area (TPSA) is 74.2 Å². The lowest BCUT2D eigenvalue weighted by Crippen LogP contribution is -2.38. The molecular formula is C26H30N6O. The number of likely N-dealkylation sites (tertiary alicyclic amines) is 1. The Morgan fingerprint density at radius 3 is 2.61 bits per heavy atom. The first kappa shape index (κ1) is 22.6. The Morgan fingerprint density at radius 1 is 1.15 bits per heavy atom. The van der Waals surface area contributed by atoms with Crippen LogP contribution in [-0.4, -0.2) is 57.8 Å². The second-order valence-electron chi connectivity index (χ2n) is 8.59. The molecule has 0 aliphatic carbocycles. The molecule has 7 heteroatoms. The molecule has 7 nitrogen and oxygen atoms in total. The van der Waals surface area contributed by atoms with E-state index in [9.17, 15) is 4.79 Å². The lowest BCUT2D eigenvalue weighted by Gasteiger charge is -2.30. The number of aromatic nitrogens is 3. The van der Waals surface area contributed by atoms with E-state index in [1.54, 1.807) is 18.6 Å². The van der Waals surface area contributed by atoms with Gasteiger partial charge in [-0.15, -0.1) is 0 Å². The molecule has 2 aromatic heterocycles. The smallest absolute Gasteiger partial charge is 0.228 e. The molecule has 1 aromatic carbocycles. The van der Waals surface area contributed by atoms with Crippen LogP contribution in [0.4, 0.5) is 5.82 Å². The normalized spacial score (nSPS) is 15.4. The van der Waals surface area contributed by atoms with E-state index in [1.807, 2.05) is 49.5 Å². The summed E-state index contributed by atoms with van der Waals surface area (Å²) in [5, 5.41) is 5.09. The summed E-state index contributed by atoms with van der Waals surface area (Å²) in [6.45, 7) is 6.36. The maximum Gasteiger partial charge on any atom is 0.228 e. The molecule has 0 bridgehead atoms. The number of nitrogens with zero attached hydrogens (tertiary/aromatic N) is 5. The van der Waals surface area contributed by atoms with Crippen LogP contribution in [0.15, 0.2) is 67.8 Å². The van der Waals surface area contributed by atoms with E-state index in [2.05, 4.69) is 43.9 Å². The number of rotatable bonds is 7. The van der Waals surface area contributed by atoms with Gasteiger partial charge >= 0.3 is 0 Å². The summed E-state index contributed by atoms with van der Waals surface area (Å²) in [5.41, 5.74) is 2.11. The van der Waals surface area contributed by atoms with Crippen LogP contribution in [0.1, 0.15) is 24.2 Å². The Labute approximate surface area is 194 Å². The zero-order valence-electron chi connectivity index (χ0n) is 19.2. The summed E-state index contributed by atoms with van der Waals surface area (Å²) in [6.07, 6.45) is 10.8. The van der Waals surface area contributed by atoms with Gasteiger partial charge in [0.25, 0.3) is 0 Å². The Bertz CT molecular complexity index is 1150. The largest absolute Gasteiger partial charge is 0.383 e. The summed E-state index contributed by atoms with van der Waals surface area (Å²) in [4.78, 5) is 30.2. The van der Waals surface area contributed by atoms with Crippen LogP contribution >= 0.6 is 0 Å². The molecule has 3 heterocycles. The molecule has 0 unspecified atom stereocenters. The molecule has 0 radical (unpaired) electrons. The van der Waals surface area contributed by atoms with Gasteiger partial charge in [-0.05, 0) is 60.7 Å². The summed E-state index contributed by atoms with van der Waals surface area (Å²) in [6, 6.07) is 9.97. The van der Waals surface area contributed by atoms with Crippen molar-refractivity contribution < 1.29 is 4.79 Å². The third kappa shape index (κ3) is 5.81. The van der Waals surface area contributed by atoms with Crippen molar-refractivity contribution in [2.75, 3.05) is 32.5 Å². The van der Waals surface area contributed by atoms with Gasteiger partial charge in [0.2, 0.25) is 5.91 Å². The fourth-order valence-electron chi connectivity index (χ4n) is 4.11. The van der Waals surface area contributed by atoms with E-state index in [1.165, 1.54) is 0 Å². The van der Waals surface area contributed by atoms with Gasteiger partial charge in [0.1, 0.15) is 11.6 Å². The Kier molecular flexibility index (Phi) is 7.10. The lowest BCUT2D eigenvalue weighted by molar-refractivity contribution is -0.121. The van der Waals surface area contributed by atoms with Gasteiger partial charge in [-0.3, -0.25) is 9.69 Å². The van der Waals surface area contributed by atoms with E-state index >= 15 is 0 Å². The summed E-state index contributed by atoms with van der Waals surface area (Å²) < 4.78 is 0. The van der Waals surface area contributed by atoms with E-state index in [0.29, 0.717) is 5.82 Å². The monoisotopic (exact) mass is 442 g/mol. The number of carbonyl (C=O) groups is 1. The van der Waals surface area contributed by atoms with Crippen LogP contribution in [0.3, 0.4) is 0 Å². The Morgan fingerprint density at radius 2 is 1.91 bits per heavy atom. The third-order valence-electron chi connectivity index (χ3n) is 5.87. The zero-order valence-corrected chi connectivity index (χ0v) is 19.2. The van der Waals surface area contributed by atoms with Gasteiger partial charge in [-0.25, -0.2) is 15.0 Å². The van der Waals surface area contributed by atoms with E-state index in [4.69, 9.17) is 0 Å². The number of pyridine rings is 1. The molecular weight excluding hydrogens is 412 g/mol. The first-order valence-electron chi connectivity index (χ1n) is 11.2. The molecule has 4 rings (SSSR count). The van der Waals surface area contributed by atoms with Crippen LogP contribution in [0, 0.1) is 5.92 Å². The van der Waals surface area contributed by atoms with Crippen molar-refractivity contribution in [1.82, 2.24) is 24.8 Å². The average molecular weight is 443 g/mol. The van der Waals surface area contributed by atoms with Crippen molar-refractivity contribution in [3.8, 4) is 0 Å². The standard InChI is InChI=1S/C26H30N6O/c1-4-19(17-31(2)3)21-6-7-22-16-29-24(15-23(22)14-21)30-26(33)20-8-12-32(13-9-20)18-25-27-10-5-11-28-25/h4-7,10-11,14-17,20H,1,8-9,12-13,18H2,2-3H3,(H,29,30,33)/b19-17+. The number of hydrogen-bond donors (Lipinski definition) is 1. The molecule has 1 fully saturated rings. The molecule has 1 aliphatic rings. The fraction of sp³-hybridized carbons (Fsp3) is 0.308. The number of nitrogens with one attached hydrogen (secondary N) is 1. The lowest BCUT2D eigenvalue weighted by atomic mass is 9.96. The minimum absolute atomic E-state index is 0.0165. The number of carbonyl (C=O) groups excluding carboxylic acids is 1. The molecule has 0 atom stereocenters. The maximum absolute atomic E-state index is 12.9. The highest BCUT2D eigenvalue weighted by Gasteiger charge is 2.25. The second-order valence-corrected chi connectivity index (χ2v) is 8.59. The van der Waals surface area contributed by atoms with Crippen molar-refractivity contribution in [2.24, 2.45) is 5.92 Å². The maximum atomic E-state index is 12.9. The highest BCUT2D eigenvalue weighted by molar-refractivity contribution is 5.95. The van der Waals surface area contributed by atoms with Gasteiger partial charge in [0.05, 0.1) is 6.54 Å². The molecule has 1 saturated heterocycles. The quantitative estimate of drug-likeness (QED) is 0.558. The number of amides is 1. The number of benzene rings is 1. The van der Waals surface area contributed by atoms with Gasteiger partial charge in [0.15, 0.2) is 0 Å². The predicted octanol–water partition coefficient (Wildman–Crippen LogP) is 3.96. The molecule has 3 aromatic rings. The Balaban J connectivity index is 1.40. The number of piperidine rings is 1. The van der Waals surface area contributed by atoms with E-state index in [-0.39, 0.29) is 11.8 Å². The number of anilines is 1. The minimum Gasteiger partial charge on any atom is -0.383 e. The summed E-state index contributed by atoms with van der Waals surface area (Å²) in [5.74, 6) is 1.42. The molecule has 1 amide bonds. The molecule has 170 valence electrons. The number of hydrogen-bond acceptors (Lipinski definition) is 6. The van der Waals surface area contributed by atoms with E-state index in [0.717, 1.165) is 60.2 Å². The Hall–Kier alpha value is -3.58. The van der Waals surface area contributed by atoms with Crippen molar-refractivity contribution in [2.45, 2.75) is 19.4 Å². The van der Waals surface area contributed by atoms with Crippen molar-refractivity contribution in [1.29, 1.82) is 0 Å². The van der Waals surface area contributed by atoms with Gasteiger partial charge in [-0.1, -0.05) is 24.8 Å². The van der Waals surface area contributed by atoms with E-state index < -0.39 is 0 Å². The van der Waals surface area contributed by atoms with Crippen molar-refractivity contribution in [3.63, 3.8) is 0 Å². The van der Waals surface area contributed by atoms with Crippen LogP contribution in [0.25, 0.3) is 16.3 Å². The predicted molar refractivity (Wildman–Crippen MR) is 132 cm³/mol. The van der Waals surface area contributed by atoms with Crippen LogP contribution in [-0.2, 0) is 11.3 Å². The van der Waals surface area contributed by atoms with Gasteiger partial charge in [-0.2, -0.15) is 0 Å². The first-order valence-corrected chi connectivity index (χ1v) is 11.2. The average Bonchev–Trinajstić information content (AvgIpc) is 2.83. The van der Waals surface area contributed by atoms with Crippen LogP contribution in [0.5, 0.6) is 0 Å². The summed E-state index contributed by atoms with van der Waals surface area (Å²) in [7, 11) is 3.98. The van der Waals surface area contributed by atoms with Crippen LogP contribution in [0.2, 0.25) is 0 Å².